The highest BCUT2D eigenvalue weighted by molar-refractivity contribution is 5.91. The molecule has 2 aromatic heterocycles. The quantitative estimate of drug-likeness (QED) is 0.753. The number of carbonyl (C=O) groups is 1. The van der Waals surface area contributed by atoms with Crippen molar-refractivity contribution in [3.05, 3.63) is 42.2 Å². The van der Waals surface area contributed by atoms with Crippen molar-refractivity contribution in [3.63, 3.8) is 0 Å². The van der Waals surface area contributed by atoms with E-state index in [0.717, 1.165) is 5.56 Å². The number of benzene rings is 1. The van der Waals surface area contributed by atoms with E-state index in [-0.39, 0.29) is 11.4 Å². The molecule has 0 atom stereocenters. The summed E-state index contributed by atoms with van der Waals surface area (Å²) in [6.45, 7) is 0. The number of phenolic OH excluding ortho intramolecular Hbond substituents is 1. The van der Waals surface area contributed by atoms with Crippen LogP contribution >= 0.6 is 0 Å². The second-order valence-corrected chi connectivity index (χ2v) is 4.47. The minimum absolute atomic E-state index is 0.0339. The van der Waals surface area contributed by atoms with Gasteiger partial charge in [-0.25, -0.2) is 15.0 Å². The van der Waals surface area contributed by atoms with Gasteiger partial charge in [0.2, 0.25) is 0 Å². The highest BCUT2D eigenvalue weighted by Gasteiger charge is 2.10. The van der Waals surface area contributed by atoms with Gasteiger partial charge in [-0.2, -0.15) is 0 Å². The fraction of sp³-hybridized carbons (Fsp3) is 0.0667. The van der Waals surface area contributed by atoms with Gasteiger partial charge in [-0.1, -0.05) is 0 Å². The number of hydrogen-bond acceptors (Lipinski definition) is 6. The summed E-state index contributed by atoms with van der Waals surface area (Å²) in [5, 5.41) is 9.62. The van der Waals surface area contributed by atoms with E-state index in [1.54, 1.807) is 24.3 Å². The monoisotopic (exact) mass is 295 g/mol. The SMILES string of the molecule is COc1cc(-c2ccc3nc(C(N)=O)[c]nc3n2)ccc1O. The van der Waals surface area contributed by atoms with Crippen LogP contribution in [0.5, 0.6) is 11.5 Å². The largest absolute Gasteiger partial charge is 0.504 e. The Morgan fingerprint density at radius 1 is 1.27 bits per heavy atom. The summed E-state index contributed by atoms with van der Waals surface area (Å²) in [4.78, 5) is 23.4. The Morgan fingerprint density at radius 3 is 2.82 bits per heavy atom. The Bertz CT molecular complexity index is 880. The molecule has 1 aromatic carbocycles. The summed E-state index contributed by atoms with van der Waals surface area (Å²) in [6.07, 6.45) is 2.46. The van der Waals surface area contributed by atoms with Crippen molar-refractivity contribution in [1.29, 1.82) is 0 Å². The predicted molar refractivity (Wildman–Crippen MR) is 78.3 cm³/mol. The Morgan fingerprint density at radius 2 is 2.09 bits per heavy atom. The van der Waals surface area contributed by atoms with Gasteiger partial charge in [0.1, 0.15) is 11.7 Å². The molecule has 3 rings (SSSR count). The van der Waals surface area contributed by atoms with E-state index in [1.165, 1.54) is 13.2 Å². The van der Waals surface area contributed by atoms with Crippen LogP contribution in [-0.4, -0.2) is 33.1 Å². The first-order valence-electron chi connectivity index (χ1n) is 6.32. The third kappa shape index (κ3) is 2.39. The number of aromatic nitrogens is 3. The van der Waals surface area contributed by atoms with Crippen LogP contribution in [0.2, 0.25) is 0 Å². The average molecular weight is 295 g/mol. The molecule has 3 aromatic rings. The third-order valence-electron chi connectivity index (χ3n) is 3.06. The van der Waals surface area contributed by atoms with Crippen molar-refractivity contribution < 1.29 is 14.6 Å². The first-order valence-corrected chi connectivity index (χ1v) is 6.32. The number of pyridine rings is 1. The van der Waals surface area contributed by atoms with Gasteiger partial charge < -0.3 is 15.6 Å². The molecule has 0 fully saturated rings. The van der Waals surface area contributed by atoms with E-state index in [9.17, 15) is 9.90 Å². The zero-order valence-corrected chi connectivity index (χ0v) is 11.6. The topological polar surface area (TPSA) is 111 Å². The minimum atomic E-state index is -0.693. The predicted octanol–water partition coefficient (Wildman–Crippen LogP) is 1.31. The van der Waals surface area contributed by atoms with Gasteiger partial charge in [0.15, 0.2) is 22.8 Å². The van der Waals surface area contributed by atoms with Crippen molar-refractivity contribution in [2.45, 2.75) is 0 Å². The lowest BCUT2D eigenvalue weighted by atomic mass is 10.1. The molecule has 0 saturated heterocycles. The van der Waals surface area contributed by atoms with E-state index >= 15 is 0 Å². The van der Waals surface area contributed by atoms with Crippen molar-refractivity contribution in [2.24, 2.45) is 5.73 Å². The van der Waals surface area contributed by atoms with Gasteiger partial charge in [-0.05, 0) is 30.3 Å². The van der Waals surface area contributed by atoms with E-state index in [0.29, 0.717) is 22.6 Å². The Balaban J connectivity index is 2.09. The van der Waals surface area contributed by atoms with Crippen molar-refractivity contribution in [3.8, 4) is 22.8 Å². The number of rotatable bonds is 3. The molecule has 7 heteroatoms. The maximum Gasteiger partial charge on any atom is 0.269 e. The van der Waals surface area contributed by atoms with Crippen molar-refractivity contribution in [1.82, 2.24) is 15.0 Å². The molecule has 0 spiro atoms. The van der Waals surface area contributed by atoms with Gasteiger partial charge in [-0.3, -0.25) is 4.79 Å². The fourth-order valence-electron chi connectivity index (χ4n) is 1.97. The first-order chi connectivity index (χ1) is 10.6. The van der Waals surface area contributed by atoms with Crippen LogP contribution in [-0.2, 0) is 0 Å². The zero-order valence-electron chi connectivity index (χ0n) is 11.6. The minimum Gasteiger partial charge on any atom is -0.504 e. The van der Waals surface area contributed by atoms with E-state index < -0.39 is 5.91 Å². The van der Waals surface area contributed by atoms with Crippen molar-refractivity contribution in [2.75, 3.05) is 7.11 Å². The van der Waals surface area contributed by atoms with Crippen LogP contribution in [0.3, 0.4) is 0 Å². The normalized spacial score (nSPS) is 10.6. The summed E-state index contributed by atoms with van der Waals surface area (Å²) in [7, 11) is 1.47. The highest BCUT2D eigenvalue weighted by Crippen LogP contribution is 2.30. The van der Waals surface area contributed by atoms with E-state index in [4.69, 9.17) is 10.5 Å². The molecule has 1 radical (unpaired) electrons. The van der Waals surface area contributed by atoms with Crippen LogP contribution in [0, 0.1) is 6.20 Å². The van der Waals surface area contributed by atoms with Crippen LogP contribution in [0.25, 0.3) is 22.4 Å². The molecule has 7 nitrogen and oxygen atoms in total. The summed E-state index contributed by atoms with van der Waals surface area (Å²) in [6, 6.07) is 8.31. The second-order valence-electron chi connectivity index (χ2n) is 4.47. The van der Waals surface area contributed by atoms with E-state index in [1.807, 2.05) is 0 Å². The van der Waals surface area contributed by atoms with Gasteiger partial charge in [0.25, 0.3) is 5.91 Å². The number of fused-ring (bicyclic) bond motifs is 1. The Kier molecular flexibility index (Phi) is 3.30. The lowest BCUT2D eigenvalue weighted by molar-refractivity contribution is 0.0995. The zero-order chi connectivity index (χ0) is 15.7. The van der Waals surface area contributed by atoms with Crippen LogP contribution < -0.4 is 10.5 Å². The molecule has 109 valence electrons. The summed E-state index contributed by atoms with van der Waals surface area (Å²) in [5.41, 5.74) is 7.27. The average Bonchev–Trinajstić information content (AvgIpc) is 2.54. The molecule has 0 unspecified atom stereocenters. The summed E-state index contributed by atoms with van der Waals surface area (Å²) >= 11 is 0. The van der Waals surface area contributed by atoms with Gasteiger partial charge in [0.05, 0.1) is 12.8 Å². The van der Waals surface area contributed by atoms with Gasteiger partial charge in [-0.15, -0.1) is 0 Å². The summed E-state index contributed by atoms with van der Waals surface area (Å²) < 4.78 is 5.07. The standard InChI is InChI=1S/C15H11N4O3/c1-22-13-6-8(2-5-12(13)20)9-3-4-10-15(19-9)17-7-11(18-10)14(16)21/h2-6,20H,1H3,(H2,16,21). The second kappa shape index (κ2) is 5.28. The number of nitrogens with zero attached hydrogens (tertiary/aromatic N) is 3. The number of carbonyl (C=O) groups excluding carboxylic acids is 1. The third-order valence-corrected chi connectivity index (χ3v) is 3.06. The number of primary amides is 1. The number of phenols is 1. The molecular weight excluding hydrogens is 284 g/mol. The Labute approximate surface area is 125 Å². The smallest absolute Gasteiger partial charge is 0.269 e. The van der Waals surface area contributed by atoms with Crippen LogP contribution in [0.15, 0.2) is 30.3 Å². The van der Waals surface area contributed by atoms with Crippen molar-refractivity contribution >= 4 is 17.1 Å². The number of ether oxygens (including phenoxy) is 1. The highest BCUT2D eigenvalue weighted by atomic mass is 16.5. The van der Waals surface area contributed by atoms with Gasteiger partial charge >= 0.3 is 0 Å². The molecule has 22 heavy (non-hydrogen) atoms. The fourth-order valence-corrected chi connectivity index (χ4v) is 1.97. The first kappa shape index (κ1) is 13.7. The number of methoxy groups -OCH3 is 1. The molecule has 0 aliphatic carbocycles. The number of amides is 1. The number of hydrogen-bond donors (Lipinski definition) is 2. The molecule has 0 aliphatic rings. The number of aromatic hydroxyl groups is 1. The molecule has 0 bridgehead atoms. The lowest BCUT2D eigenvalue weighted by Crippen LogP contribution is -2.13. The van der Waals surface area contributed by atoms with E-state index in [2.05, 4.69) is 21.1 Å². The maximum atomic E-state index is 11.1. The molecule has 1 amide bonds. The van der Waals surface area contributed by atoms with Crippen LogP contribution in [0.1, 0.15) is 10.5 Å². The molecule has 3 N–H and O–H groups in total. The molecule has 2 heterocycles. The molecule has 0 aliphatic heterocycles. The number of nitrogens with two attached hydrogens (primary N) is 1. The van der Waals surface area contributed by atoms with Gasteiger partial charge in [0, 0.05) is 5.56 Å². The van der Waals surface area contributed by atoms with Crippen LogP contribution in [0.4, 0.5) is 0 Å². The maximum absolute atomic E-state index is 11.1. The lowest BCUT2D eigenvalue weighted by Gasteiger charge is -2.07. The molecular formula is C15H11N4O3. The summed E-state index contributed by atoms with van der Waals surface area (Å²) in [5.74, 6) is -0.297. The molecule has 0 saturated carbocycles. The Hall–Kier alpha value is -3.22.